The fourth-order valence-electron chi connectivity index (χ4n) is 1.83. The summed E-state index contributed by atoms with van der Waals surface area (Å²) in [5.74, 6) is 0.339. The van der Waals surface area contributed by atoms with Crippen LogP contribution in [0.2, 0.25) is 0 Å². The van der Waals surface area contributed by atoms with Crippen LogP contribution in [0.25, 0.3) is 0 Å². The zero-order valence-electron chi connectivity index (χ0n) is 11.5. The molecule has 0 amide bonds. The first-order valence-corrected chi connectivity index (χ1v) is 6.53. The summed E-state index contributed by atoms with van der Waals surface area (Å²) < 4.78 is 6.72. The number of ether oxygens (including phenoxy) is 1. The van der Waals surface area contributed by atoms with Gasteiger partial charge < -0.3 is 14.6 Å². The Morgan fingerprint density at radius 1 is 1.40 bits per heavy atom. The third-order valence-corrected chi connectivity index (χ3v) is 2.89. The van der Waals surface area contributed by atoms with Crippen molar-refractivity contribution in [3.63, 3.8) is 0 Å². The Balaban J connectivity index is 1.72. The highest BCUT2D eigenvalue weighted by Crippen LogP contribution is 2.08. The quantitative estimate of drug-likeness (QED) is 0.617. The van der Waals surface area contributed by atoms with Gasteiger partial charge in [-0.1, -0.05) is 0 Å². The van der Waals surface area contributed by atoms with Crippen molar-refractivity contribution >= 4 is 11.8 Å². The number of unbranched alkanes of at least 4 members (excludes halogenated alkanes) is 1. The average Bonchev–Trinajstić information content (AvgIpc) is 2.99. The summed E-state index contributed by atoms with van der Waals surface area (Å²) in [6, 6.07) is 3.33. The third kappa shape index (κ3) is 4.08. The molecule has 0 unspecified atom stereocenters. The summed E-state index contributed by atoms with van der Waals surface area (Å²) in [6.45, 7) is 1.77. The van der Waals surface area contributed by atoms with Crippen LogP contribution >= 0.6 is 0 Å². The summed E-state index contributed by atoms with van der Waals surface area (Å²) >= 11 is 0. The second kappa shape index (κ2) is 7.28. The molecule has 1 N–H and O–H groups in total. The van der Waals surface area contributed by atoms with Crippen molar-refractivity contribution in [1.82, 2.24) is 14.5 Å². The highest BCUT2D eigenvalue weighted by Gasteiger charge is 2.05. The first kappa shape index (κ1) is 14.0. The maximum absolute atomic E-state index is 11.4. The Bertz CT molecular complexity index is 540. The molecule has 0 aromatic carbocycles. The predicted octanol–water partition coefficient (Wildman–Crippen LogP) is 1.96. The van der Waals surface area contributed by atoms with Crippen molar-refractivity contribution in [3.8, 4) is 0 Å². The van der Waals surface area contributed by atoms with Crippen LogP contribution < -0.4 is 5.32 Å². The SMILES string of the molecule is COC(=O)c1ccnc(NCCCCn2ccnc2)c1. The highest BCUT2D eigenvalue weighted by molar-refractivity contribution is 5.89. The van der Waals surface area contributed by atoms with Gasteiger partial charge in [-0.25, -0.2) is 14.8 Å². The number of nitrogens with zero attached hydrogens (tertiary/aromatic N) is 3. The molecule has 6 heteroatoms. The van der Waals surface area contributed by atoms with Crippen LogP contribution in [0.3, 0.4) is 0 Å². The standard InChI is InChI=1S/C14H18N4O2/c1-20-14(19)12-4-6-17-13(10-12)16-5-2-3-8-18-9-7-15-11-18/h4,6-7,9-11H,2-3,5,8H2,1H3,(H,16,17). The van der Waals surface area contributed by atoms with Crippen molar-refractivity contribution in [2.24, 2.45) is 0 Å². The van der Waals surface area contributed by atoms with E-state index in [9.17, 15) is 4.79 Å². The Morgan fingerprint density at radius 2 is 2.30 bits per heavy atom. The number of methoxy groups -OCH3 is 1. The molecule has 0 bridgehead atoms. The van der Waals surface area contributed by atoms with E-state index in [0.717, 1.165) is 25.9 Å². The number of anilines is 1. The summed E-state index contributed by atoms with van der Waals surface area (Å²) in [6.07, 6.45) is 9.21. The van der Waals surface area contributed by atoms with Crippen molar-refractivity contribution < 1.29 is 9.53 Å². The smallest absolute Gasteiger partial charge is 0.338 e. The van der Waals surface area contributed by atoms with E-state index in [1.807, 2.05) is 12.5 Å². The number of pyridine rings is 1. The molecular weight excluding hydrogens is 256 g/mol. The topological polar surface area (TPSA) is 69.0 Å². The fraction of sp³-hybridized carbons (Fsp3) is 0.357. The van der Waals surface area contributed by atoms with Crippen LogP contribution in [-0.2, 0) is 11.3 Å². The molecule has 2 heterocycles. The minimum absolute atomic E-state index is 0.351. The number of imidazole rings is 1. The van der Waals surface area contributed by atoms with Crippen LogP contribution in [0.4, 0.5) is 5.82 Å². The fourth-order valence-corrected chi connectivity index (χ4v) is 1.83. The zero-order chi connectivity index (χ0) is 14.2. The summed E-state index contributed by atoms with van der Waals surface area (Å²) in [7, 11) is 1.37. The van der Waals surface area contributed by atoms with E-state index in [1.165, 1.54) is 7.11 Å². The van der Waals surface area contributed by atoms with Crippen LogP contribution in [-0.4, -0.2) is 34.2 Å². The lowest BCUT2D eigenvalue weighted by molar-refractivity contribution is 0.0600. The van der Waals surface area contributed by atoms with Gasteiger partial charge in [0, 0.05) is 31.7 Å². The molecule has 0 atom stereocenters. The van der Waals surface area contributed by atoms with Crippen LogP contribution in [0.1, 0.15) is 23.2 Å². The lowest BCUT2D eigenvalue weighted by Crippen LogP contribution is -2.07. The van der Waals surface area contributed by atoms with Gasteiger partial charge in [0.1, 0.15) is 5.82 Å². The van der Waals surface area contributed by atoms with E-state index >= 15 is 0 Å². The second-order valence-electron chi connectivity index (χ2n) is 4.36. The van der Waals surface area contributed by atoms with Crippen molar-refractivity contribution in [1.29, 1.82) is 0 Å². The van der Waals surface area contributed by atoms with Gasteiger partial charge in [-0.3, -0.25) is 0 Å². The van der Waals surface area contributed by atoms with Crippen LogP contribution in [0, 0.1) is 0 Å². The van der Waals surface area contributed by atoms with E-state index in [0.29, 0.717) is 11.4 Å². The normalized spacial score (nSPS) is 10.2. The maximum Gasteiger partial charge on any atom is 0.338 e. The number of hydrogen-bond donors (Lipinski definition) is 1. The average molecular weight is 274 g/mol. The molecule has 2 rings (SSSR count). The van der Waals surface area contributed by atoms with Gasteiger partial charge in [0.15, 0.2) is 0 Å². The molecule has 0 radical (unpaired) electrons. The lowest BCUT2D eigenvalue weighted by atomic mass is 10.2. The number of aryl methyl sites for hydroxylation is 1. The third-order valence-electron chi connectivity index (χ3n) is 2.89. The van der Waals surface area contributed by atoms with E-state index in [2.05, 4.69) is 24.6 Å². The monoisotopic (exact) mass is 274 g/mol. The largest absolute Gasteiger partial charge is 0.465 e. The number of carbonyl (C=O) groups excluding carboxylic acids is 1. The van der Waals surface area contributed by atoms with Gasteiger partial charge in [0.05, 0.1) is 19.0 Å². The van der Waals surface area contributed by atoms with Gasteiger partial charge in [-0.15, -0.1) is 0 Å². The Labute approximate surface area is 117 Å². The molecule has 2 aromatic rings. The highest BCUT2D eigenvalue weighted by atomic mass is 16.5. The Kier molecular flexibility index (Phi) is 5.11. The molecule has 0 aliphatic heterocycles. The molecular formula is C14H18N4O2. The van der Waals surface area contributed by atoms with Crippen LogP contribution in [0.15, 0.2) is 37.1 Å². The molecule has 106 valence electrons. The molecule has 0 aliphatic rings. The molecule has 0 saturated carbocycles. The number of nitrogens with one attached hydrogen (secondary N) is 1. The number of esters is 1. The molecule has 0 spiro atoms. The van der Waals surface area contributed by atoms with E-state index < -0.39 is 0 Å². The first-order chi connectivity index (χ1) is 9.79. The molecule has 0 aliphatic carbocycles. The van der Waals surface area contributed by atoms with E-state index in [4.69, 9.17) is 0 Å². The van der Waals surface area contributed by atoms with Gasteiger partial charge >= 0.3 is 5.97 Å². The van der Waals surface area contributed by atoms with Crippen molar-refractivity contribution in [2.45, 2.75) is 19.4 Å². The number of carbonyl (C=O) groups is 1. The maximum atomic E-state index is 11.4. The second-order valence-corrected chi connectivity index (χ2v) is 4.36. The predicted molar refractivity (Wildman–Crippen MR) is 75.5 cm³/mol. The van der Waals surface area contributed by atoms with E-state index in [1.54, 1.807) is 24.5 Å². The molecule has 6 nitrogen and oxygen atoms in total. The molecule has 0 fully saturated rings. The van der Waals surface area contributed by atoms with Crippen molar-refractivity contribution in [2.75, 3.05) is 19.0 Å². The van der Waals surface area contributed by atoms with Gasteiger partial charge in [-0.05, 0) is 25.0 Å². The number of rotatable bonds is 7. The van der Waals surface area contributed by atoms with Gasteiger partial charge in [0.25, 0.3) is 0 Å². The molecule has 0 saturated heterocycles. The Hall–Kier alpha value is -2.37. The number of hydrogen-bond acceptors (Lipinski definition) is 5. The van der Waals surface area contributed by atoms with Crippen LogP contribution in [0.5, 0.6) is 0 Å². The van der Waals surface area contributed by atoms with E-state index in [-0.39, 0.29) is 5.97 Å². The summed E-state index contributed by atoms with van der Waals surface area (Å²) in [4.78, 5) is 19.6. The molecule has 2 aromatic heterocycles. The van der Waals surface area contributed by atoms with Gasteiger partial charge in [-0.2, -0.15) is 0 Å². The Morgan fingerprint density at radius 3 is 3.05 bits per heavy atom. The molecule has 20 heavy (non-hydrogen) atoms. The lowest BCUT2D eigenvalue weighted by Gasteiger charge is -2.07. The minimum atomic E-state index is -0.351. The summed E-state index contributed by atoms with van der Waals surface area (Å²) in [5.41, 5.74) is 0.503. The zero-order valence-corrected chi connectivity index (χ0v) is 11.5. The van der Waals surface area contributed by atoms with Crippen molar-refractivity contribution in [3.05, 3.63) is 42.6 Å². The van der Waals surface area contributed by atoms with Gasteiger partial charge in [0.2, 0.25) is 0 Å². The number of aromatic nitrogens is 3. The minimum Gasteiger partial charge on any atom is -0.465 e. The summed E-state index contributed by atoms with van der Waals surface area (Å²) in [5, 5.41) is 3.20. The first-order valence-electron chi connectivity index (χ1n) is 6.53.